The van der Waals surface area contributed by atoms with Crippen LogP contribution in [0.5, 0.6) is 0 Å². The van der Waals surface area contributed by atoms with Crippen LogP contribution < -0.4 is 11.2 Å². The summed E-state index contributed by atoms with van der Waals surface area (Å²) in [5.41, 5.74) is 7.86. The van der Waals surface area contributed by atoms with Gasteiger partial charge in [0.05, 0.1) is 12.0 Å². The number of nitrogens with two attached hydrogens (primary N) is 1. The van der Waals surface area contributed by atoms with Crippen LogP contribution in [0, 0.1) is 5.41 Å². The predicted molar refractivity (Wildman–Crippen MR) is 49.7 cm³/mol. The van der Waals surface area contributed by atoms with Gasteiger partial charge in [-0.05, 0) is 26.7 Å². The summed E-state index contributed by atoms with van der Waals surface area (Å²) in [6.45, 7) is 4.22. The van der Waals surface area contributed by atoms with Gasteiger partial charge in [0.15, 0.2) is 0 Å². The monoisotopic (exact) mass is 186 g/mol. The van der Waals surface area contributed by atoms with Crippen LogP contribution in [0.25, 0.3) is 0 Å². The first-order valence-electron chi connectivity index (χ1n) is 4.79. The normalized spacial score (nSPS) is 33.3. The third-order valence-electron chi connectivity index (χ3n) is 2.86. The summed E-state index contributed by atoms with van der Waals surface area (Å²) in [6.07, 6.45) is 2.81. The number of rotatable bonds is 3. The zero-order chi connectivity index (χ0) is 9.90. The summed E-state index contributed by atoms with van der Waals surface area (Å²) in [4.78, 5) is 16.5. The Morgan fingerprint density at radius 2 is 2.46 bits per heavy atom. The molecule has 4 nitrogen and oxygen atoms in total. The molecule has 76 valence electrons. The van der Waals surface area contributed by atoms with Gasteiger partial charge in [-0.1, -0.05) is 6.42 Å². The van der Waals surface area contributed by atoms with Crippen molar-refractivity contribution in [3.05, 3.63) is 0 Å². The van der Waals surface area contributed by atoms with Gasteiger partial charge in [0, 0.05) is 6.04 Å². The molecule has 1 saturated carbocycles. The van der Waals surface area contributed by atoms with Crippen molar-refractivity contribution in [1.82, 2.24) is 5.48 Å². The van der Waals surface area contributed by atoms with E-state index in [2.05, 4.69) is 5.48 Å². The molecule has 0 heterocycles. The van der Waals surface area contributed by atoms with Gasteiger partial charge in [-0.25, -0.2) is 5.48 Å². The second-order valence-electron chi connectivity index (χ2n) is 3.78. The first-order chi connectivity index (χ1) is 6.11. The van der Waals surface area contributed by atoms with Crippen LogP contribution >= 0.6 is 0 Å². The fraction of sp³-hybridized carbons (Fsp3) is 0.889. The number of hydrogen-bond donors (Lipinski definition) is 2. The van der Waals surface area contributed by atoms with Crippen LogP contribution in [-0.4, -0.2) is 18.6 Å². The average molecular weight is 186 g/mol. The Bertz CT molecular complexity index is 196. The van der Waals surface area contributed by atoms with Crippen molar-refractivity contribution < 1.29 is 9.63 Å². The minimum atomic E-state index is -0.435. The average Bonchev–Trinajstić information content (AvgIpc) is 2.44. The molecule has 0 aromatic heterocycles. The van der Waals surface area contributed by atoms with E-state index < -0.39 is 5.41 Å². The largest absolute Gasteiger partial charge is 0.327 e. The summed E-state index contributed by atoms with van der Waals surface area (Å²) in [6, 6.07) is -0.0343. The van der Waals surface area contributed by atoms with Crippen LogP contribution in [0.2, 0.25) is 0 Å². The number of hydroxylamine groups is 1. The highest BCUT2D eigenvalue weighted by atomic mass is 16.6. The van der Waals surface area contributed by atoms with Gasteiger partial charge < -0.3 is 5.73 Å². The molecule has 3 N–H and O–H groups in total. The summed E-state index contributed by atoms with van der Waals surface area (Å²) in [7, 11) is 0. The van der Waals surface area contributed by atoms with Crippen molar-refractivity contribution in [2.24, 2.45) is 11.1 Å². The van der Waals surface area contributed by atoms with E-state index in [0.717, 1.165) is 19.3 Å². The first-order valence-corrected chi connectivity index (χ1v) is 4.79. The van der Waals surface area contributed by atoms with Gasteiger partial charge in [-0.3, -0.25) is 9.63 Å². The minimum Gasteiger partial charge on any atom is -0.327 e. The fourth-order valence-corrected chi connectivity index (χ4v) is 1.73. The van der Waals surface area contributed by atoms with Crippen molar-refractivity contribution in [2.75, 3.05) is 6.61 Å². The Labute approximate surface area is 78.8 Å². The highest BCUT2D eigenvalue weighted by molar-refractivity contribution is 5.82. The molecule has 1 amide bonds. The van der Waals surface area contributed by atoms with E-state index in [-0.39, 0.29) is 11.9 Å². The molecule has 2 unspecified atom stereocenters. The highest BCUT2D eigenvalue weighted by Crippen LogP contribution is 2.36. The van der Waals surface area contributed by atoms with Gasteiger partial charge >= 0.3 is 0 Å². The van der Waals surface area contributed by atoms with Gasteiger partial charge in [-0.15, -0.1) is 0 Å². The van der Waals surface area contributed by atoms with E-state index in [9.17, 15) is 4.79 Å². The Kier molecular flexibility index (Phi) is 3.27. The molecule has 13 heavy (non-hydrogen) atoms. The lowest BCUT2D eigenvalue weighted by atomic mass is 9.84. The molecule has 4 heteroatoms. The first kappa shape index (κ1) is 10.5. The van der Waals surface area contributed by atoms with Gasteiger partial charge in [-0.2, -0.15) is 0 Å². The van der Waals surface area contributed by atoms with Gasteiger partial charge in [0.1, 0.15) is 0 Å². The minimum absolute atomic E-state index is 0.0343. The van der Waals surface area contributed by atoms with Gasteiger partial charge in [0.2, 0.25) is 0 Å². The molecule has 0 aromatic carbocycles. The van der Waals surface area contributed by atoms with Crippen LogP contribution in [0.1, 0.15) is 33.1 Å². The topological polar surface area (TPSA) is 64.3 Å². The van der Waals surface area contributed by atoms with Gasteiger partial charge in [0.25, 0.3) is 5.91 Å². The maximum Gasteiger partial charge on any atom is 0.251 e. The summed E-state index contributed by atoms with van der Waals surface area (Å²) >= 11 is 0. The number of hydrogen-bond acceptors (Lipinski definition) is 3. The third-order valence-corrected chi connectivity index (χ3v) is 2.86. The smallest absolute Gasteiger partial charge is 0.251 e. The quantitative estimate of drug-likeness (QED) is 0.633. The molecule has 1 rings (SSSR count). The summed E-state index contributed by atoms with van der Waals surface area (Å²) in [5.74, 6) is -0.0839. The lowest BCUT2D eigenvalue weighted by molar-refractivity contribution is -0.143. The Morgan fingerprint density at radius 3 is 2.92 bits per heavy atom. The van der Waals surface area contributed by atoms with Crippen molar-refractivity contribution in [3.8, 4) is 0 Å². The van der Waals surface area contributed by atoms with E-state index in [4.69, 9.17) is 10.6 Å². The zero-order valence-electron chi connectivity index (χ0n) is 8.30. The van der Waals surface area contributed by atoms with Crippen LogP contribution in [0.15, 0.2) is 0 Å². The molecule has 1 aliphatic carbocycles. The van der Waals surface area contributed by atoms with Crippen LogP contribution in [0.4, 0.5) is 0 Å². The molecule has 0 aromatic rings. The van der Waals surface area contributed by atoms with Crippen LogP contribution in [0.3, 0.4) is 0 Å². The maximum atomic E-state index is 11.6. The van der Waals surface area contributed by atoms with E-state index in [0.29, 0.717) is 6.61 Å². The molecular formula is C9H18N2O2. The SMILES string of the molecule is CCONC(=O)C1(C)CCCC1N. The lowest BCUT2D eigenvalue weighted by Crippen LogP contribution is -2.47. The van der Waals surface area contributed by atoms with Crippen LogP contribution in [-0.2, 0) is 9.63 Å². The van der Waals surface area contributed by atoms with E-state index >= 15 is 0 Å². The number of carbonyl (C=O) groups is 1. The summed E-state index contributed by atoms with van der Waals surface area (Å²) in [5, 5.41) is 0. The lowest BCUT2D eigenvalue weighted by Gasteiger charge is -2.26. The molecular weight excluding hydrogens is 168 g/mol. The second-order valence-corrected chi connectivity index (χ2v) is 3.78. The number of amides is 1. The second kappa shape index (κ2) is 4.07. The van der Waals surface area contributed by atoms with E-state index in [1.165, 1.54) is 0 Å². The Hall–Kier alpha value is -0.610. The molecule has 1 aliphatic rings. The zero-order valence-corrected chi connectivity index (χ0v) is 8.30. The molecule has 0 aliphatic heterocycles. The molecule has 0 radical (unpaired) electrons. The van der Waals surface area contributed by atoms with Crippen molar-refractivity contribution in [3.63, 3.8) is 0 Å². The molecule has 0 bridgehead atoms. The van der Waals surface area contributed by atoms with Crippen molar-refractivity contribution in [2.45, 2.75) is 39.2 Å². The predicted octanol–water partition coefficient (Wildman–Crippen LogP) is 0.572. The van der Waals surface area contributed by atoms with E-state index in [1.54, 1.807) is 0 Å². The summed E-state index contributed by atoms with van der Waals surface area (Å²) < 4.78 is 0. The number of nitrogens with one attached hydrogen (secondary N) is 1. The van der Waals surface area contributed by atoms with Crippen molar-refractivity contribution in [1.29, 1.82) is 0 Å². The fourth-order valence-electron chi connectivity index (χ4n) is 1.73. The third kappa shape index (κ3) is 2.00. The Balaban J connectivity index is 2.53. The molecule has 1 fully saturated rings. The number of carbonyl (C=O) groups excluding carboxylic acids is 1. The van der Waals surface area contributed by atoms with Crippen molar-refractivity contribution >= 4 is 5.91 Å². The molecule has 0 spiro atoms. The molecule has 0 saturated heterocycles. The highest BCUT2D eigenvalue weighted by Gasteiger charge is 2.43. The molecule has 2 atom stereocenters. The Morgan fingerprint density at radius 1 is 1.77 bits per heavy atom. The standard InChI is InChI=1S/C9H18N2O2/c1-3-13-11-8(12)9(2)6-4-5-7(9)10/h7H,3-6,10H2,1-2H3,(H,11,12). The maximum absolute atomic E-state index is 11.6. The van der Waals surface area contributed by atoms with E-state index in [1.807, 2.05) is 13.8 Å².